The van der Waals surface area contributed by atoms with Crippen molar-refractivity contribution in [2.24, 2.45) is 11.7 Å². The fourth-order valence-corrected chi connectivity index (χ4v) is 3.12. The van der Waals surface area contributed by atoms with Gasteiger partial charge in [0.15, 0.2) is 0 Å². The summed E-state index contributed by atoms with van der Waals surface area (Å²) in [5.74, 6) is 0.504. The first kappa shape index (κ1) is 14.5. The number of likely N-dealkylation sites (tertiary alicyclic amines) is 1. The molecule has 1 aliphatic rings. The van der Waals surface area contributed by atoms with Crippen molar-refractivity contribution in [2.45, 2.75) is 45.2 Å². The molecule has 0 saturated carbocycles. The van der Waals surface area contributed by atoms with Crippen molar-refractivity contribution in [3.8, 4) is 0 Å². The average Bonchev–Trinajstić information content (AvgIpc) is 2.85. The topological polar surface area (TPSA) is 29.3 Å². The van der Waals surface area contributed by atoms with Gasteiger partial charge in [-0.3, -0.25) is 0 Å². The van der Waals surface area contributed by atoms with E-state index in [1.807, 2.05) is 6.07 Å². The largest absolute Gasteiger partial charge is 0.324 e. The number of rotatable bonds is 5. The highest BCUT2D eigenvalue weighted by atomic mass is 19.1. The third kappa shape index (κ3) is 3.54. The van der Waals surface area contributed by atoms with E-state index in [9.17, 15) is 4.39 Å². The summed E-state index contributed by atoms with van der Waals surface area (Å²) in [5.41, 5.74) is 6.77. The smallest absolute Gasteiger partial charge is 0.127 e. The van der Waals surface area contributed by atoms with Crippen LogP contribution < -0.4 is 5.73 Å². The molecule has 0 aliphatic carbocycles. The predicted octanol–water partition coefficient (Wildman–Crippen LogP) is 3.34. The van der Waals surface area contributed by atoms with Gasteiger partial charge < -0.3 is 10.6 Å². The SMILES string of the molecule is CC(C)C1CCCN1CCC(N)c1ccccc1F. The predicted molar refractivity (Wildman–Crippen MR) is 77.4 cm³/mol. The minimum Gasteiger partial charge on any atom is -0.324 e. The van der Waals surface area contributed by atoms with Gasteiger partial charge in [-0.1, -0.05) is 32.0 Å². The van der Waals surface area contributed by atoms with E-state index in [0.717, 1.165) is 19.5 Å². The summed E-state index contributed by atoms with van der Waals surface area (Å²) < 4.78 is 13.7. The van der Waals surface area contributed by atoms with Crippen molar-refractivity contribution < 1.29 is 4.39 Å². The molecule has 1 aliphatic heterocycles. The van der Waals surface area contributed by atoms with E-state index >= 15 is 0 Å². The Bertz CT molecular complexity index is 405. The Morgan fingerprint density at radius 2 is 2.11 bits per heavy atom. The lowest BCUT2D eigenvalue weighted by Crippen LogP contribution is -2.35. The van der Waals surface area contributed by atoms with Gasteiger partial charge in [0.25, 0.3) is 0 Å². The van der Waals surface area contributed by atoms with Crippen molar-refractivity contribution in [2.75, 3.05) is 13.1 Å². The Hall–Kier alpha value is -0.930. The Balaban J connectivity index is 1.90. The van der Waals surface area contributed by atoms with Gasteiger partial charge in [0.1, 0.15) is 5.82 Å². The van der Waals surface area contributed by atoms with Crippen LogP contribution in [0.1, 0.15) is 44.7 Å². The Morgan fingerprint density at radius 1 is 1.37 bits per heavy atom. The van der Waals surface area contributed by atoms with Crippen LogP contribution in [0.2, 0.25) is 0 Å². The van der Waals surface area contributed by atoms with E-state index in [0.29, 0.717) is 17.5 Å². The summed E-state index contributed by atoms with van der Waals surface area (Å²) in [6.45, 7) is 6.69. The third-order valence-electron chi connectivity index (χ3n) is 4.22. The van der Waals surface area contributed by atoms with Crippen molar-refractivity contribution in [3.05, 3.63) is 35.6 Å². The zero-order valence-corrected chi connectivity index (χ0v) is 12.0. The molecule has 0 radical (unpaired) electrons. The molecule has 1 fully saturated rings. The van der Waals surface area contributed by atoms with Crippen LogP contribution in [0.4, 0.5) is 4.39 Å². The molecule has 106 valence electrons. The molecular formula is C16H25FN2. The number of nitrogens with two attached hydrogens (primary N) is 1. The molecule has 0 bridgehead atoms. The van der Waals surface area contributed by atoms with E-state index in [2.05, 4.69) is 18.7 Å². The number of halogens is 1. The lowest BCUT2D eigenvalue weighted by Gasteiger charge is -2.28. The quantitative estimate of drug-likeness (QED) is 0.884. The van der Waals surface area contributed by atoms with Crippen LogP contribution in [-0.4, -0.2) is 24.0 Å². The molecule has 2 rings (SSSR count). The summed E-state index contributed by atoms with van der Waals surface area (Å²) in [4.78, 5) is 2.52. The monoisotopic (exact) mass is 264 g/mol. The molecule has 2 N–H and O–H groups in total. The molecule has 2 unspecified atom stereocenters. The zero-order chi connectivity index (χ0) is 13.8. The minimum atomic E-state index is -0.199. The van der Waals surface area contributed by atoms with Crippen LogP contribution in [-0.2, 0) is 0 Å². The molecule has 1 saturated heterocycles. The highest BCUT2D eigenvalue weighted by Gasteiger charge is 2.27. The van der Waals surface area contributed by atoms with Gasteiger partial charge in [0, 0.05) is 24.2 Å². The van der Waals surface area contributed by atoms with Crippen LogP contribution in [0.5, 0.6) is 0 Å². The normalized spacial score (nSPS) is 22.1. The van der Waals surface area contributed by atoms with Crippen LogP contribution in [0.3, 0.4) is 0 Å². The van der Waals surface area contributed by atoms with Gasteiger partial charge in [-0.2, -0.15) is 0 Å². The van der Waals surface area contributed by atoms with Gasteiger partial charge in [0.05, 0.1) is 0 Å². The van der Waals surface area contributed by atoms with E-state index < -0.39 is 0 Å². The van der Waals surface area contributed by atoms with Crippen molar-refractivity contribution >= 4 is 0 Å². The van der Waals surface area contributed by atoms with Crippen LogP contribution in [0.15, 0.2) is 24.3 Å². The highest BCUT2D eigenvalue weighted by Crippen LogP contribution is 2.25. The standard InChI is InChI=1S/C16H25FN2/c1-12(2)16-8-5-10-19(16)11-9-15(18)13-6-3-4-7-14(13)17/h3-4,6-7,12,15-16H,5,8-11,18H2,1-2H3. The van der Waals surface area contributed by atoms with E-state index in [1.54, 1.807) is 12.1 Å². The molecule has 0 spiro atoms. The van der Waals surface area contributed by atoms with Crippen molar-refractivity contribution in [3.63, 3.8) is 0 Å². The molecular weight excluding hydrogens is 239 g/mol. The minimum absolute atomic E-state index is 0.183. The summed E-state index contributed by atoms with van der Waals surface area (Å²) in [7, 11) is 0. The highest BCUT2D eigenvalue weighted by molar-refractivity contribution is 5.20. The molecule has 3 heteroatoms. The average molecular weight is 264 g/mol. The number of nitrogens with zero attached hydrogens (tertiary/aromatic N) is 1. The Morgan fingerprint density at radius 3 is 2.79 bits per heavy atom. The van der Waals surface area contributed by atoms with Crippen LogP contribution in [0.25, 0.3) is 0 Å². The second kappa shape index (κ2) is 6.49. The fourth-order valence-electron chi connectivity index (χ4n) is 3.12. The summed E-state index contributed by atoms with van der Waals surface area (Å²) in [5, 5.41) is 0. The van der Waals surface area contributed by atoms with Gasteiger partial charge in [-0.05, 0) is 37.8 Å². The number of hydrogen-bond acceptors (Lipinski definition) is 2. The lowest BCUT2D eigenvalue weighted by molar-refractivity contribution is 0.200. The first-order valence-corrected chi connectivity index (χ1v) is 7.33. The van der Waals surface area contributed by atoms with E-state index in [-0.39, 0.29) is 11.9 Å². The summed E-state index contributed by atoms with van der Waals surface area (Å²) >= 11 is 0. The zero-order valence-electron chi connectivity index (χ0n) is 12.0. The fraction of sp³-hybridized carbons (Fsp3) is 0.625. The maximum atomic E-state index is 13.7. The maximum absolute atomic E-state index is 13.7. The number of benzene rings is 1. The van der Waals surface area contributed by atoms with Gasteiger partial charge >= 0.3 is 0 Å². The van der Waals surface area contributed by atoms with Crippen molar-refractivity contribution in [1.82, 2.24) is 4.90 Å². The van der Waals surface area contributed by atoms with E-state index in [4.69, 9.17) is 5.73 Å². The first-order valence-electron chi connectivity index (χ1n) is 7.33. The molecule has 1 aromatic carbocycles. The molecule has 1 aromatic rings. The van der Waals surface area contributed by atoms with Crippen molar-refractivity contribution in [1.29, 1.82) is 0 Å². The van der Waals surface area contributed by atoms with E-state index in [1.165, 1.54) is 18.9 Å². The summed E-state index contributed by atoms with van der Waals surface area (Å²) in [6, 6.07) is 7.32. The molecule has 0 aromatic heterocycles. The first-order chi connectivity index (χ1) is 9.09. The Kier molecular flexibility index (Phi) is 4.94. The molecule has 0 amide bonds. The molecule has 19 heavy (non-hydrogen) atoms. The maximum Gasteiger partial charge on any atom is 0.127 e. The molecule has 2 nitrogen and oxygen atoms in total. The van der Waals surface area contributed by atoms with Gasteiger partial charge in [-0.25, -0.2) is 4.39 Å². The summed E-state index contributed by atoms with van der Waals surface area (Å²) in [6.07, 6.45) is 3.38. The van der Waals surface area contributed by atoms with Gasteiger partial charge in [0.2, 0.25) is 0 Å². The second-order valence-corrected chi connectivity index (χ2v) is 5.91. The second-order valence-electron chi connectivity index (χ2n) is 5.91. The molecule has 1 heterocycles. The molecule has 2 atom stereocenters. The third-order valence-corrected chi connectivity index (χ3v) is 4.22. The number of hydrogen-bond donors (Lipinski definition) is 1. The Labute approximate surface area is 115 Å². The lowest BCUT2D eigenvalue weighted by atomic mass is 10.0. The van der Waals surface area contributed by atoms with Crippen LogP contribution >= 0.6 is 0 Å². The van der Waals surface area contributed by atoms with Gasteiger partial charge in [-0.15, -0.1) is 0 Å². The van der Waals surface area contributed by atoms with Crippen LogP contribution in [0, 0.1) is 11.7 Å².